The Kier molecular flexibility index (Phi) is 7.06. The third-order valence-corrected chi connectivity index (χ3v) is 7.27. The molecular formula is C28H30N6OS. The molecule has 0 aliphatic heterocycles. The van der Waals surface area contributed by atoms with Gasteiger partial charge in [-0.1, -0.05) is 61.9 Å². The van der Waals surface area contributed by atoms with Gasteiger partial charge in [0.2, 0.25) is 0 Å². The van der Waals surface area contributed by atoms with Crippen LogP contribution >= 0.6 is 11.3 Å². The third kappa shape index (κ3) is 5.29. The number of aromatic nitrogens is 5. The maximum Gasteiger partial charge on any atom is 0.252 e. The maximum atomic E-state index is 13.1. The fourth-order valence-electron chi connectivity index (χ4n) is 4.74. The molecular weight excluding hydrogens is 468 g/mol. The number of hydrogen-bond acceptors (Lipinski definition) is 6. The SMILES string of the molecule is Cc1ccc2[nH]c(=O)c(CN(Cc3cccs3)[C@@H](c3nnnn3Cc3ccccc3)C(C)C)cc2c1. The largest absolute Gasteiger partial charge is 0.322 e. The van der Waals surface area contributed by atoms with Crippen LogP contribution in [0.25, 0.3) is 10.9 Å². The van der Waals surface area contributed by atoms with E-state index in [0.717, 1.165) is 33.4 Å². The molecule has 0 bridgehead atoms. The molecule has 0 aliphatic rings. The van der Waals surface area contributed by atoms with Crippen LogP contribution in [0.15, 0.2) is 76.9 Å². The van der Waals surface area contributed by atoms with Crippen molar-refractivity contribution in [2.45, 2.75) is 46.4 Å². The van der Waals surface area contributed by atoms with Gasteiger partial charge in [0, 0.05) is 29.0 Å². The van der Waals surface area contributed by atoms with Gasteiger partial charge in [-0.25, -0.2) is 4.68 Å². The smallest absolute Gasteiger partial charge is 0.252 e. The highest BCUT2D eigenvalue weighted by molar-refractivity contribution is 7.09. The molecule has 2 aromatic carbocycles. The second-order valence-electron chi connectivity index (χ2n) is 9.57. The van der Waals surface area contributed by atoms with Gasteiger partial charge in [0.1, 0.15) is 0 Å². The molecule has 1 N–H and O–H groups in total. The monoisotopic (exact) mass is 498 g/mol. The van der Waals surface area contributed by atoms with Crippen LogP contribution in [-0.2, 0) is 19.6 Å². The van der Waals surface area contributed by atoms with Crippen molar-refractivity contribution in [2.24, 2.45) is 5.92 Å². The van der Waals surface area contributed by atoms with E-state index in [9.17, 15) is 4.79 Å². The van der Waals surface area contributed by atoms with Gasteiger partial charge >= 0.3 is 0 Å². The number of rotatable bonds is 9. The number of tetrazole rings is 1. The van der Waals surface area contributed by atoms with Crippen molar-refractivity contribution < 1.29 is 0 Å². The molecule has 184 valence electrons. The summed E-state index contributed by atoms with van der Waals surface area (Å²) in [4.78, 5) is 19.8. The Hall–Kier alpha value is -3.62. The summed E-state index contributed by atoms with van der Waals surface area (Å²) < 4.78 is 1.88. The average Bonchev–Trinajstić information content (AvgIpc) is 3.53. The number of benzene rings is 2. The predicted octanol–water partition coefficient (Wildman–Crippen LogP) is 5.33. The molecule has 0 aliphatic carbocycles. The fraction of sp³-hybridized carbons (Fsp3) is 0.286. The lowest BCUT2D eigenvalue weighted by Gasteiger charge is -2.33. The second-order valence-corrected chi connectivity index (χ2v) is 10.6. The van der Waals surface area contributed by atoms with Gasteiger partial charge in [-0.15, -0.1) is 16.4 Å². The van der Waals surface area contributed by atoms with Crippen molar-refractivity contribution in [3.05, 3.63) is 110 Å². The molecule has 5 rings (SSSR count). The van der Waals surface area contributed by atoms with Crippen molar-refractivity contribution >= 4 is 22.2 Å². The summed E-state index contributed by atoms with van der Waals surface area (Å²) in [5.41, 5.74) is 3.83. The molecule has 8 heteroatoms. The molecule has 0 radical (unpaired) electrons. The maximum absolute atomic E-state index is 13.1. The Morgan fingerprint density at radius 1 is 1.03 bits per heavy atom. The number of thiophene rings is 1. The summed E-state index contributed by atoms with van der Waals surface area (Å²) in [7, 11) is 0. The third-order valence-electron chi connectivity index (χ3n) is 6.41. The van der Waals surface area contributed by atoms with E-state index in [-0.39, 0.29) is 17.5 Å². The van der Waals surface area contributed by atoms with Gasteiger partial charge in [0.15, 0.2) is 5.82 Å². The van der Waals surface area contributed by atoms with Crippen LogP contribution in [0.5, 0.6) is 0 Å². The summed E-state index contributed by atoms with van der Waals surface area (Å²) in [6.45, 7) is 8.20. The molecule has 0 saturated carbocycles. The van der Waals surface area contributed by atoms with Crippen molar-refractivity contribution in [3.63, 3.8) is 0 Å². The number of aryl methyl sites for hydroxylation is 1. The zero-order chi connectivity index (χ0) is 25.1. The minimum atomic E-state index is -0.0848. The van der Waals surface area contributed by atoms with Crippen LogP contribution in [-0.4, -0.2) is 30.1 Å². The van der Waals surface area contributed by atoms with Gasteiger partial charge in [-0.3, -0.25) is 9.69 Å². The van der Waals surface area contributed by atoms with Crippen molar-refractivity contribution in [1.29, 1.82) is 0 Å². The molecule has 7 nitrogen and oxygen atoms in total. The normalized spacial score (nSPS) is 12.6. The number of H-pyrrole nitrogens is 1. The summed E-state index contributed by atoms with van der Waals surface area (Å²) in [5.74, 6) is 1.02. The Morgan fingerprint density at radius 2 is 1.86 bits per heavy atom. The second kappa shape index (κ2) is 10.6. The van der Waals surface area contributed by atoms with E-state index < -0.39 is 0 Å². The minimum absolute atomic E-state index is 0.0612. The molecule has 5 aromatic rings. The Balaban J connectivity index is 1.54. The summed E-state index contributed by atoms with van der Waals surface area (Å²) >= 11 is 1.72. The van der Waals surface area contributed by atoms with Crippen molar-refractivity contribution in [1.82, 2.24) is 30.1 Å². The van der Waals surface area contributed by atoms with Gasteiger partial charge in [0.25, 0.3) is 5.56 Å². The van der Waals surface area contributed by atoms with E-state index in [4.69, 9.17) is 0 Å². The van der Waals surface area contributed by atoms with Crippen LogP contribution in [0.3, 0.4) is 0 Å². The fourth-order valence-corrected chi connectivity index (χ4v) is 5.47. The van der Waals surface area contributed by atoms with Gasteiger partial charge in [-0.2, -0.15) is 0 Å². The molecule has 0 unspecified atom stereocenters. The number of nitrogens with one attached hydrogen (secondary N) is 1. The van der Waals surface area contributed by atoms with Crippen LogP contribution in [0, 0.1) is 12.8 Å². The molecule has 3 aromatic heterocycles. The number of aromatic amines is 1. The van der Waals surface area contributed by atoms with Crippen LogP contribution < -0.4 is 5.56 Å². The Bertz CT molecular complexity index is 1490. The minimum Gasteiger partial charge on any atom is -0.322 e. The van der Waals surface area contributed by atoms with E-state index in [0.29, 0.717) is 19.6 Å². The first-order valence-corrected chi connectivity index (χ1v) is 13.0. The van der Waals surface area contributed by atoms with Crippen molar-refractivity contribution in [2.75, 3.05) is 0 Å². The zero-order valence-corrected chi connectivity index (χ0v) is 21.6. The van der Waals surface area contributed by atoms with Crippen molar-refractivity contribution in [3.8, 4) is 0 Å². The highest BCUT2D eigenvalue weighted by atomic mass is 32.1. The topological polar surface area (TPSA) is 79.7 Å². The van der Waals surface area contributed by atoms with Gasteiger partial charge in [-0.05, 0) is 63.9 Å². The molecule has 0 spiro atoms. The van der Waals surface area contributed by atoms with Crippen LogP contribution in [0.2, 0.25) is 0 Å². The molecule has 0 amide bonds. The van der Waals surface area contributed by atoms with E-state index in [2.05, 4.69) is 81.9 Å². The van der Waals surface area contributed by atoms with Gasteiger partial charge < -0.3 is 4.98 Å². The predicted molar refractivity (Wildman–Crippen MR) is 144 cm³/mol. The Morgan fingerprint density at radius 3 is 2.61 bits per heavy atom. The molecule has 0 saturated heterocycles. The first-order chi connectivity index (χ1) is 17.5. The molecule has 0 fully saturated rings. The number of hydrogen-bond donors (Lipinski definition) is 1. The summed E-state index contributed by atoms with van der Waals surface area (Å²) in [6, 6.07) is 22.4. The summed E-state index contributed by atoms with van der Waals surface area (Å²) in [6.07, 6.45) is 0. The van der Waals surface area contributed by atoms with Gasteiger partial charge in [0.05, 0.1) is 12.6 Å². The Labute approximate surface area is 214 Å². The first kappa shape index (κ1) is 24.1. The van der Waals surface area contributed by atoms with Crippen LogP contribution in [0.1, 0.15) is 47.3 Å². The quantitative estimate of drug-likeness (QED) is 0.297. The number of nitrogens with zero attached hydrogens (tertiary/aromatic N) is 5. The standard InChI is InChI=1S/C28H30N6OS/c1-19(2)26(27-30-31-32-34(27)16-21-8-5-4-6-9-21)33(18-24-10-7-13-36-24)17-23-15-22-14-20(3)11-12-25(22)29-28(23)35/h4-15,19,26H,16-18H2,1-3H3,(H,29,35)/t26-/m1/s1. The zero-order valence-electron chi connectivity index (χ0n) is 20.8. The average molecular weight is 499 g/mol. The lowest BCUT2D eigenvalue weighted by molar-refractivity contribution is 0.127. The van der Waals surface area contributed by atoms with Crippen LogP contribution in [0.4, 0.5) is 0 Å². The van der Waals surface area contributed by atoms with E-state index in [1.54, 1.807) is 11.3 Å². The van der Waals surface area contributed by atoms with E-state index in [1.807, 2.05) is 41.1 Å². The lowest BCUT2D eigenvalue weighted by Crippen LogP contribution is -2.35. The molecule has 36 heavy (non-hydrogen) atoms. The number of pyridine rings is 1. The highest BCUT2D eigenvalue weighted by Gasteiger charge is 2.30. The van der Waals surface area contributed by atoms with E-state index in [1.165, 1.54) is 4.88 Å². The molecule has 3 heterocycles. The number of fused-ring (bicyclic) bond motifs is 1. The molecule has 1 atom stereocenters. The summed E-state index contributed by atoms with van der Waals surface area (Å²) in [5, 5.41) is 16.0. The lowest BCUT2D eigenvalue weighted by atomic mass is 10.00. The first-order valence-electron chi connectivity index (χ1n) is 12.2. The van der Waals surface area contributed by atoms with E-state index >= 15 is 0 Å². The highest BCUT2D eigenvalue weighted by Crippen LogP contribution is 2.31.